The van der Waals surface area contributed by atoms with Crippen molar-refractivity contribution in [2.75, 3.05) is 26.4 Å². The van der Waals surface area contributed by atoms with Gasteiger partial charge in [0, 0.05) is 13.0 Å². The van der Waals surface area contributed by atoms with Crippen LogP contribution in [0.3, 0.4) is 0 Å². The highest BCUT2D eigenvalue weighted by Gasteiger charge is 2.27. The zero-order valence-electron chi connectivity index (χ0n) is 37.1. The minimum Gasteiger partial charge on any atom is -0.480 e. The van der Waals surface area contributed by atoms with Crippen LogP contribution in [0.4, 0.5) is 0 Å². The van der Waals surface area contributed by atoms with Crippen LogP contribution < -0.4 is 5.73 Å². The highest BCUT2D eigenvalue weighted by atomic mass is 31.2. The van der Waals surface area contributed by atoms with Crippen molar-refractivity contribution >= 4 is 19.8 Å². The van der Waals surface area contributed by atoms with E-state index in [0.29, 0.717) is 13.0 Å². The Balaban J connectivity index is 4.21. The number of aliphatic carboxylic acids is 1. The molecule has 0 rings (SSSR count). The standard InChI is InChI=1S/C47H88NO9P/c1-3-5-7-9-11-13-15-17-19-21-22-23-25-27-29-31-33-35-37-39-46(49)57-44(42-55-58(52,53)56-43-45(48)47(50)51)41-54-40-38-36-34-32-30-28-26-24-20-18-16-14-12-10-8-6-4-2/h14,16-17,19-20,24,44-45H,3-13,15,18,21-23,25-43,48H2,1-2H3,(H,50,51)(H,52,53)/b16-14-,19-17-,24-20-. The van der Waals surface area contributed by atoms with E-state index >= 15 is 0 Å². The molecule has 10 nitrogen and oxygen atoms in total. The van der Waals surface area contributed by atoms with Gasteiger partial charge in [-0.15, -0.1) is 0 Å². The molecule has 0 aromatic heterocycles. The first kappa shape index (κ1) is 56.2. The van der Waals surface area contributed by atoms with Crippen LogP contribution in [0.5, 0.6) is 0 Å². The first-order valence-corrected chi connectivity index (χ1v) is 25.0. The number of hydrogen-bond acceptors (Lipinski definition) is 8. The molecule has 0 aliphatic rings. The molecule has 0 spiro atoms. The zero-order valence-corrected chi connectivity index (χ0v) is 38.0. The van der Waals surface area contributed by atoms with E-state index in [1.165, 1.54) is 135 Å². The van der Waals surface area contributed by atoms with Gasteiger partial charge in [0.05, 0.1) is 19.8 Å². The number of esters is 1. The molecule has 340 valence electrons. The lowest BCUT2D eigenvalue weighted by Gasteiger charge is -2.20. The fourth-order valence-electron chi connectivity index (χ4n) is 6.45. The van der Waals surface area contributed by atoms with E-state index in [2.05, 4.69) is 50.3 Å². The van der Waals surface area contributed by atoms with Crippen LogP contribution in [-0.2, 0) is 32.7 Å². The molecule has 0 saturated heterocycles. The van der Waals surface area contributed by atoms with Gasteiger partial charge in [0.2, 0.25) is 0 Å². The Morgan fingerprint density at radius 3 is 1.43 bits per heavy atom. The van der Waals surface area contributed by atoms with E-state index in [0.717, 1.165) is 51.4 Å². The minimum absolute atomic E-state index is 0.0102. The lowest BCUT2D eigenvalue weighted by atomic mass is 10.1. The Hall–Kier alpha value is -1.81. The molecule has 0 aliphatic heterocycles. The van der Waals surface area contributed by atoms with Crippen molar-refractivity contribution in [2.24, 2.45) is 5.73 Å². The summed E-state index contributed by atoms with van der Waals surface area (Å²) in [6, 6.07) is -1.48. The lowest BCUT2D eigenvalue weighted by molar-refractivity contribution is -0.154. The first-order valence-electron chi connectivity index (χ1n) is 23.5. The molecule has 0 aromatic carbocycles. The zero-order chi connectivity index (χ0) is 42.6. The number of nitrogens with two attached hydrogens (primary N) is 1. The molecule has 3 unspecified atom stereocenters. The highest BCUT2D eigenvalue weighted by molar-refractivity contribution is 7.47. The van der Waals surface area contributed by atoms with Crippen molar-refractivity contribution < 1.29 is 42.7 Å². The number of carboxylic acid groups (broad SMARTS) is 1. The third kappa shape index (κ3) is 42.3. The summed E-state index contributed by atoms with van der Waals surface area (Å²) in [5.74, 6) is -1.78. The Morgan fingerprint density at radius 2 is 0.948 bits per heavy atom. The molecule has 4 N–H and O–H groups in total. The van der Waals surface area contributed by atoms with Crippen LogP contribution in [-0.4, -0.2) is 60.5 Å². The largest absolute Gasteiger partial charge is 0.480 e. The predicted molar refractivity (Wildman–Crippen MR) is 240 cm³/mol. The maximum Gasteiger partial charge on any atom is 0.472 e. The molecule has 3 atom stereocenters. The molecular formula is C47H88NO9P. The molecule has 0 heterocycles. The molecule has 0 bridgehead atoms. The Bertz CT molecular complexity index is 1070. The first-order chi connectivity index (χ1) is 28.2. The number of ether oxygens (including phenoxy) is 2. The second-order valence-corrected chi connectivity index (χ2v) is 17.3. The van der Waals surface area contributed by atoms with Crippen molar-refractivity contribution in [1.29, 1.82) is 0 Å². The maximum absolute atomic E-state index is 12.7. The summed E-state index contributed by atoms with van der Waals surface area (Å²) in [6.07, 6.45) is 49.0. The van der Waals surface area contributed by atoms with Crippen molar-refractivity contribution in [3.63, 3.8) is 0 Å². The van der Waals surface area contributed by atoms with E-state index in [1.807, 2.05) is 0 Å². The summed E-state index contributed by atoms with van der Waals surface area (Å²) in [5.41, 5.74) is 5.36. The number of carbonyl (C=O) groups excluding carboxylic acids is 1. The number of unbranched alkanes of at least 4 members (excludes halogenated alkanes) is 25. The molecule has 0 radical (unpaired) electrons. The third-order valence-corrected chi connectivity index (χ3v) is 11.1. The van der Waals surface area contributed by atoms with Gasteiger partial charge in [-0.25, -0.2) is 4.57 Å². The Morgan fingerprint density at radius 1 is 0.552 bits per heavy atom. The predicted octanol–water partition coefficient (Wildman–Crippen LogP) is 13.3. The van der Waals surface area contributed by atoms with Gasteiger partial charge in [-0.3, -0.25) is 18.6 Å². The summed E-state index contributed by atoms with van der Waals surface area (Å²) < 4.78 is 33.4. The topological polar surface area (TPSA) is 155 Å². The van der Waals surface area contributed by atoms with Crippen LogP contribution in [0.25, 0.3) is 0 Å². The average Bonchev–Trinajstić information content (AvgIpc) is 3.20. The minimum atomic E-state index is -4.62. The number of carboxylic acids is 1. The monoisotopic (exact) mass is 842 g/mol. The van der Waals surface area contributed by atoms with Gasteiger partial charge in [-0.2, -0.15) is 0 Å². The van der Waals surface area contributed by atoms with Crippen LogP contribution in [0.1, 0.15) is 213 Å². The maximum atomic E-state index is 12.7. The number of allylic oxidation sites excluding steroid dienone is 6. The summed E-state index contributed by atoms with van der Waals surface area (Å²) in [4.78, 5) is 33.6. The summed E-state index contributed by atoms with van der Waals surface area (Å²) in [5, 5.41) is 8.91. The SMILES string of the molecule is CCCCCC/C=C\C/C=C\CCCCCCCCOCC(COP(=O)(O)OCC(N)C(=O)O)OC(=O)CCCCCCCCCCC/C=C\CCCCCCCC. The van der Waals surface area contributed by atoms with Gasteiger partial charge in [0.15, 0.2) is 0 Å². The smallest absolute Gasteiger partial charge is 0.472 e. The second kappa shape index (κ2) is 43.3. The van der Waals surface area contributed by atoms with E-state index in [4.69, 9.17) is 29.4 Å². The van der Waals surface area contributed by atoms with E-state index in [-0.39, 0.29) is 13.0 Å². The van der Waals surface area contributed by atoms with E-state index in [9.17, 15) is 19.0 Å². The van der Waals surface area contributed by atoms with Crippen molar-refractivity contribution in [3.05, 3.63) is 36.5 Å². The van der Waals surface area contributed by atoms with Gasteiger partial charge < -0.3 is 25.2 Å². The normalized spacial score (nSPS) is 14.1. The lowest BCUT2D eigenvalue weighted by Crippen LogP contribution is -2.34. The quantitative estimate of drug-likeness (QED) is 0.0233. The van der Waals surface area contributed by atoms with Gasteiger partial charge in [-0.1, -0.05) is 172 Å². The van der Waals surface area contributed by atoms with Crippen molar-refractivity contribution in [2.45, 2.75) is 225 Å². The van der Waals surface area contributed by atoms with Crippen LogP contribution in [0, 0.1) is 0 Å². The van der Waals surface area contributed by atoms with E-state index in [1.54, 1.807) is 0 Å². The number of phosphoric acid groups is 1. The Labute approximate surface area is 355 Å². The molecule has 0 aromatic rings. The average molecular weight is 842 g/mol. The molecule has 0 saturated carbocycles. The van der Waals surface area contributed by atoms with Crippen LogP contribution in [0.2, 0.25) is 0 Å². The summed E-state index contributed by atoms with van der Waals surface area (Å²) >= 11 is 0. The van der Waals surface area contributed by atoms with Crippen molar-refractivity contribution in [1.82, 2.24) is 0 Å². The van der Waals surface area contributed by atoms with Gasteiger partial charge in [-0.05, 0) is 70.6 Å². The molecule has 0 aliphatic carbocycles. The number of hydrogen-bond donors (Lipinski definition) is 3. The molecule has 58 heavy (non-hydrogen) atoms. The fourth-order valence-corrected chi connectivity index (χ4v) is 7.23. The third-order valence-electron chi connectivity index (χ3n) is 10.1. The fraction of sp³-hybridized carbons (Fsp3) is 0.830. The molecule has 11 heteroatoms. The number of rotatable bonds is 45. The van der Waals surface area contributed by atoms with Crippen molar-refractivity contribution in [3.8, 4) is 0 Å². The highest BCUT2D eigenvalue weighted by Crippen LogP contribution is 2.43. The van der Waals surface area contributed by atoms with Crippen LogP contribution >= 0.6 is 7.82 Å². The van der Waals surface area contributed by atoms with Gasteiger partial charge >= 0.3 is 19.8 Å². The second-order valence-electron chi connectivity index (χ2n) is 15.9. The van der Waals surface area contributed by atoms with Crippen LogP contribution in [0.15, 0.2) is 36.5 Å². The van der Waals surface area contributed by atoms with E-state index < -0.39 is 45.1 Å². The molecule has 0 amide bonds. The molecule has 0 fully saturated rings. The summed E-state index contributed by atoms with van der Waals surface area (Å²) in [7, 11) is -4.62. The Kier molecular flexibility index (Phi) is 41.9. The van der Waals surface area contributed by atoms with Gasteiger partial charge in [0.1, 0.15) is 12.1 Å². The number of carbonyl (C=O) groups is 2. The number of phosphoric ester groups is 1. The molecular weight excluding hydrogens is 753 g/mol. The summed E-state index contributed by atoms with van der Waals surface area (Å²) in [6.45, 7) is 3.85. The van der Waals surface area contributed by atoms with Gasteiger partial charge in [0.25, 0.3) is 0 Å².